The van der Waals surface area contributed by atoms with Crippen molar-refractivity contribution in [1.82, 2.24) is 0 Å². The maximum Gasteiger partial charge on any atom is 0.171 e. The molecular weight excluding hydrogens is 332 g/mol. The van der Waals surface area contributed by atoms with Gasteiger partial charge in [0.15, 0.2) is 11.6 Å². The molecule has 1 aromatic rings. The Kier molecular flexibility index (Phi) is 6.46. The highest BCUT2D eigenvalue weighted by Gasteiger charge is 2.42. The average Bonchev–Trinajstić information content (AvgIpc) is 2.66. The summed E-state index contributed by atoms with van der Waals surface area (Å²) in [5, 5.41) is 0. The van der Waals surface area contributed by atoms with Crippen LogP contribution in [0.2, 0.25) is 0 Å². The monoisotopic (exact) mass is 364 g/mol. The van der Waals surface area contributed by atoms with Crippen LogP contribution in [0.5, 0.6) is 0 Å². The first-order chi connectivity index (χ1) is 13.0. The van der Waals surface area contributed by atoms with Crippen LogP contribution in [-0.4, -0.2) is 11.6 Å². The minimum Gasteiger partial charge on any atom is -0.293 e. The summed E-state index contributed by atoms with van der Waals surface area (Å²) in [4.78, 5) is 26.0. The molecule has 0 fully saturated rings. The lowest BCUT2D eigenvalue weighted by Crippen LogP contribution is -2.38. The van der Waals surface area contributed by atoms with Crippen molar-refractivity contribution in [2.45, 2.75) is 59.3 Å². The second kappa shape index (κ2) is 8.82. The molecule has 0 saturated heterocycles. The van der Waals surface area contributed by atoms with Gasteiger partial charge in [-0.05, 0) is 18.3 Å². The molecule has 2 heteroatoms. The van der Waals surface area contributed by atoms with E-state index >= 15 is 0 Å². The molecule has 0 N–H and O–H groups in total. The van der Waals surface area contributed by atoms with Crippen LogP contribution < -0.4 is 0 Å². The lowest BCUT2D eigenvalue weighted by atomic mass is 9.67. The van der Waals surface area contributed by atoms with Gasteiger partial charge in [-0.1, -0.05) is 101 Å². The molecule has 0 radical (unpaired) electrons. The molecule has 2 nitrogen and oxygen atoms in total. The van der Waals surface area contributed by atoms with Crippen LogP contribution in [0, 0.1) is 23.7 Å². The Morgan fingerprint density at radius 2 is 1.59 bits per heavy atom. The summed E-state index contributed by atoms with van der Waals surface area (Å²) in [6, 6.07) is 7.29. The van der Waals surface area contributed by atoms with Gasteiger partial charge in [-0.3, -0.25) is 9.59 Å². The van der Waals surface area contributed by atoms with Gasteiger partial charge in [-0.25, -0.2) is 0 Å². The van der Waals surface area contributed by atoms with Crippen LogP contribution in [-0.2, 0) is 0 Å². The number of carbonyl (C=O) groups excluding carboxylic acids is 2. The molecule has 0 heterocycles. The third-order valence-corrected chi connectivity index (χ3v) is 6.19. The molecule has 27 heavy (non-hydrogen) atoms. The number of hydrogen-bond acceptors (Lipinski definition) is 2. The standard InChI is InChI=1S/C25H32O2/c1-4-9-17(2)10-7-11-18(3)16-19-12-8-15-22-23(19)25(27)21-14-6-5-13-20(21)24(22)26/h5-6,8,12-15,17-18,22-23H,4,7,9-11,16H2,1-3H3. The summed E-state index contributed by atoms with van der Waals surface area (Å²) >= 11 is 0. The van der Waals surface area contributed by atoms with Crippen molar-refractivity contribution in [3.8, 4) is 0 Å². The normalized spacial score (nSPS) is 23.4. The van der Waals surface area contributed by atoms with Crippen LogP contribution in [0.15, 0.2) is 48.1 Å². The summed E-state index contributed by atoms with van der Waals surface area (Å²) in [5.41, 5.74) is 2.34. The minimum atomic E-state index is -0.316. The zero-order valence-corrected chi connectivity index (χ0v) is 16.9. The van der Waals surface area contributed by atoms with Gasteiger partial charge >= 0.3 is 0 Å². The SMILES string of the molecule is CCCC(C)CCCC(C)CC1=CC=CC2C(=O)c3ccccc3C(=O)C12. The fourth-order valence-electron chi connectivity index (χ4n) is 4.73. The molecule has 2 aliphatic rings. The molecule has 0 amide bonds. The van der Waals surface area contributed by atoms with Gasteiger partial charge in [-0.15, -0.1) is 0 Å². The van der Waals surface area contributed by atoms with Crippen molar-refractivity contribution in [1.29, 1.82) is 0 Å². The Hall–Kier alpha value is -1.96. The molecule has 0 saturated carbocycles. The quantitative estimate of drug-likeness (QED) is 0.533. The second-order valence-corrected chi connectivity index (χ2v) is 8.54. The van der Waals surface area contributed by atoms with Crippen LogP contribution in [0.3, 0.4) is 0 Å². The maximum atomic E-state index is 13.1. The smallest absolute Gasteiger partial charge is 0.171 e. The van der Waals surface area contributed by atoms with Crippen molar-refractivity contribution in [2.24, 2.45) is 23.7 Å². The molecule has 0 spiro atoms. The van der Waals surface area contributed by atoms with Gasteiger partial charge in [0.05, 0.1) is 11.8 Å². The highest BCUT2D eigenvalue weighted by Crippen LogP contribution is 2.40. The third kappa shape index (κ3) is 4.31. The average molecular weight is 365 g/mol. The molecular formula is C25H32O2. The molecule has 2 aliphatic carbocycles. The number of rotatable bonds is 8. The summed E-state index contributed by atoms with van der Waals surface area (Å²) in [6.07, 6.45) is 13.2. The number of benzene rings is 1. The molecule has 144 valence electrons. The van der Waals surface area contributed by atoms with Gasteiger partial charge in [0.25, 0.3) is 0 Å². The Morgan fingerprint density at radius 3 is 2.30 bits per heavy atom. The van der Waals surface area contributed by atoms with Crippen LogP contribution in [0.25, 0.3) is 0 Å². The highest BCUT2D eigenvalue weighted by molar-refractivity contribution is 6.17. The van der Waals surface area contributed by atoms with Crippen LogP contribution in [0.4, 0.5) is 0 Å². The molecule has 0 bridgehead atoms. The fraction of sp³-hybridized carbons (Fsp3) is 0.520. The van der Waals surface area contributed by atoms with Gasteiger partial charge < -0.3 is 0 Å². The van der Waals surface area contributed by atoms with Crippen molar-refractivity contribution in [2.75, 3.05) is 0 Å². The number of carbonyl (C=O) groups is 2. The summed E-state index contributed by atoms with van der Waals surface area (Å²) in [6.45, 7) is 6.87. The van der Waals surface area contributed by atoms with E-state index in [-0.39, 0.29) is 23.4 Å². The third-order valence-electron chi connectivity index (χ3n) is 6.19. The lowest BCUT2D eigenvalue weighted by molar-refractivity contribution is 0.0789. The molecule has 4 unspecified atom stereocenters. The second-order valence-electron chi connectivity index (χ2n) is 8.54. The van der Waals surface area contributed by atoms with Gasteiger partial charge in [0.2, 0.25) is 0 Å². The van der Waals surface area contributed by atoms with Crippen molar-refractivity contribution >= 4 is 11.6 Å². The summed E-state index contributed by atoms with van der Waals surface area (Å²) in [7, 11) is 0. The first-order valence-corrected chi connectivity index (χ1v) is 10.6. The summed E-state index contributed by atoms with van der Waals surface area (Å²) in [5.74, 6) is 0.949. The minimum absolute atomic E-state index is 0.0955. The van der Waals surface area contributed by atoms with Gasteiger partial charge in [0, 0.05) is 11.1 Å². The predicted molar refractivity (Wildman–Crippen MR) is 111 cm³/mol. The van der Waals surface area contributed by atoms with E-state index in [4.69, 9.17) is 0 Å². The molecule has 1 aromatic carbocycles. The topological polar surface area (TPSA) is 34.1 Å². The molecule has 0 aromatic heterocycles. The van der Waals surface area contributed by atoms with Crippen LogP contribution in [0.1, 0.15) is 80.0 Å². The Morgan fingerprint density at radius 1 is 0.926 bits per heavy atom. The molecule has 0 aliphatic heterocycles. The number of Topliss-reactive ketones (excluding diaryl/α,β-unsaturated/α-hetero) is 2. The maximum absolute atomic E-state index is 13.1. The lowest BCUT2D eigenvalue weighted by Gasteiger charge is -2.33. The van der Waals surface area contributed by atoms with E-state index in [1.165, 1.54) is 32.1 Å². The van der Waals surface area contributed by atoms with E-state index in [9.17, 15) is 9.59 Å². The largest absolute Gasteiger partial charge is 0.293 e. The number of ketones is 2. The molecule has 4 atom stereocenters. The van der Waals surface area contributed by atoms with Gasteiger partial charge in [-0.2, -0.15) is 0 Å². The predicted octanol–water partition coefficient (Wildman–Crippen LogP) is 6.43. The van der Waals surface area contributed by atoms with E-state index in [1.807, 2.05) is 24.3 Å². The van der Waals surface area contributed by atoms with Crippen molar-refractivity contribution < 1.29 is 9.59 Å². The number of hydrogen-bond donors (Lipinski definition) is 0. The van der Waals surface area contributed by atoms with E-state index in [0.717, 1.165) is 17.9 Å². The van der Waals surface area contributed by atoms with E-state index in [0.29, 0.717) is 17.0 Å². The first kappa shape index (κ1) is 19.8. The number of fused-ring (bicyclic) bond motifs is 2. The van der Waals surface area contributed by atoms with Crippen molar-refractivity contribution in [3.63, 3.8) is 0 Å². The number of allylic oxidation sites excluding steroid dienone is 4. The zero-order valence-electron chi connectivity index (χ0n) is 16.9. The first-order valence-electron chi connectivity index (χ1n) is 10.6. The Labute approximate surface area is 163 Å². The Bertz CT molecular complexity index is 755. The van der Waals surface area contributed by atoms with E-state index in [2.05, 4.69) is 26.8 Å². The molecule has 3 rings (SSSR count). The van der Waals surface area contributed by atoms with E-state index < -0.39 is 0 Å². The highest BCUT2D eigenvalue weighted by atomic mass is 16.1. The van der Waals surface area contributed by atoms with E-state index in [1.54, 1.807) is 12.1 Å². The zero-order chi connectivity index (χ0) is 19.4. The Balaban J connectivity index is 1.67. The van der Waals surface area contributed by atoms with Crippen LogP contribution >= 0.6 is 0 Å². The van der Waals surface area contributed by atoms with Gasteiger partial charge in [0.1, 0.15) is 0 Å². The summed E-state index contributed by atoms with van der Waals surface area (Å²) < 4.78 is 0. The van der Waals surface area contributed by atoms with Crippen molar-refractivity contribution in [3.05, 3.63) is 59.2 Å². The fourth-order valence-corrected chi connectivity index (χ4v) is 4.73.